The van der Waals surface area contributed by atoms with Crippen molar-refractivity contribution in [3.05, 3.63) is 0 Å². The van der Waals surface area contributed by atoms with E-state index in [2.05, 4.69) is 6.07 Å². The van der Waals surface area contributed by atoms with E-state index in [1.165, 1.54) is 0 Å². The summed E-state index contributed by atoms with van der Waals surface area (Å²) < 4.78 is 25.6. The van der Waals surface area contributed by atoms with Crippen molar-refractivity contribution in [1.82, 2.24) is 4.90 Å². The fourth-order valence-electron chi connectivity index (χ4n) is 1.69. The third kappa shape index (κ3) is 1.97. The minimum absolute atomic E-state index is 0.168. The smallest absolute Gasteiger partial charge is 0.248 e. The Labute approximate surface area is 77.1 Å². The van der Waals surface area contributed by atoms with Gasteiger partial charge in [-0.3, -0.25) is 4.90 Å². The molecule has 0 spiro atoms. The average Bonchev–Trinajstić information content (AvgIpc) is 2.05. The van der Waals surface area contributed by atoms with Crippen LogP contribution >= 0.6 is 0 Å². The van der Waals surface area contributed by atoms with E-state index < -0.39 is 11.5 Å². The van der Waals surface area contributed by atoms with Crippen molar-refractivity contribution in [2.45, 2.75) is 37.1 Å². The normalized spacial score (nSPS) is 25.5. The van der Waals surface area contributed by atoms with E-state index in [1.807, 2.05) is 0 Å². The zero-order valence-electron chi connectivity index (χ0n) is 7.98. The van der Waals surface area contributed by atoms with Crippen LogP contribution < -0.4 is 0 Å². The molecule has 0 N–H and O–H groups in total. The van der Waals surface area contributed by atoms with Gasteiger partial charge in [-0.2, -0.15) is 5.26 Å². The van der Waals surface area contributed by atoms with Crippen LogP contribution in [0.3, 0.4) is 0 Å². The van der Waals surface area contributed by atoms with Gasteiger partial charge >= 0.3 is 0 Å². The Hall–Kier alpha value is -0.690. The molecule has 0 radical (unpaired) electrons. The first-order valence-electron chi connectivity index (χ1n) is 4.38. The van der Waals surface area contributed by atoms with Gasteiger partial charge in [0.05, 0.1) is 6.07 Å². The van der Waals surface area contributed by atoms with Crippen LogP contribution in [-0.4, -0.2) is 30.5 Å². The average molecular weight is 188 g/mol. The van der Waals surface area contributed by atoms with Crippen molar-refractivity contribution in [2.24, 2.45) is 0 Å². The molecule has 0 aromatic carbocycles. The Balaban J connectivity index is 2.71. The summed E-state index contributed by atoms with van der Waals surface area (Å²) in [6.07, 6.45) is 0.199. The molecule has 0 saturated heterocycles. The van der Waals surface area contributed by atoms with Gasteiger partial charge in [0.2, 0.25) is 5.92 Å². The molecule has 0 unspecified atom stereocenters. The van der Waals surface area contributed by atoms with Crippen molar-refractivity contribution in [1.29, 1.82) is 5.26 Å². The SMILES string of the molecule is CN(C)C1(C#N)CCC(F)(F)CC1. The highest BCUT2D eigenvalue weighted by atomic mass is 19.3. The zero-order chi connectivity index (χ0) is 10.1. The maximum atomic E-state index is 12.8. The number of nitrogens with zero attached hydrogens (tertiary/aromatic N) is 2. The molecule has 1 saturated carbocycles. The van der Waals surface area contributed by atoms with Gasteiger partial charge in [0.1, 0.15) is 5.54 Å². The molecule has 2 nitrogen and oxygen atoms in total. The summed E-state index contributed by atoms with van der Waals surface area (Å²) in [7, 11) is 3.54. The predicted molar refractivity (Wildman–Crippen MR) is 45.4 cm³/mol. The molecular weight excluding hydrogens is 174 g/mol. The topological polar surface area (TPSA) is 27.0 Å². The number of hydrogen-bond donors (Lipinski definition) is 0. The lowest BCUT2D eigenvalue weighted by Crippen LogP contribution is -2.48. The molecule has 4 heteroatoms. The number of halogens is 2. The molecule has 0 amide bonds. The second-order valence-electron chi connectivity index (χ2n) is 3.89. The van der Waals surface area contributed by atoms with Crippen molar-refractivity contribution in [3.8, 4) is 6.07 Å². The van der Waals surface area contributed by atoms with Crippen LogP contribution in [0.5, 0.6) is 0 Å². The fourth-order valence-corrected chi connectivity index (χ4v) is 1.69. The maximum absolute atomic E-state index is 12.8. The molecule has 1 aliphatic carbocycles. The van der Waals surface area contributed by atoms with E-state index in [-0.39, 0.29) is 25.7 Å². The first kappa shape index (κ1) is 10.4. The summed E-state index contributed by atoms with van der Waals surface area (Å²) in [4.78, 5) is 1.75. The first-order chi connectivity index (χ1) is 5.92. The quantitative estimate of drug-likeness (QED) is 0.629. The van der Waals surface area contributed by atoms with Crippen LogP contribution in [0.1, 0.15) is 25.7 Å². The van der Waals surface area contributed by atoms with E-state index >= 15 is 0 Å². The number of nitriles is 1. The van der Waals surface area contributed by atoms with Gasteiger partial charge in [-0.15, -0.1) is 0 Å². The number of alkyl halides is 2. The van der Waals surface area contributed by atoms with Crippen LogP contribution in [0.4, 0.5) is 8.78 Å². The summed E-state index contributed by atoms with van der Waals surface area (Å²) in [6.45, 7) is 0. The monoisotopic (exact) mass is 188 g/mol. The lowest BCUT2D eigenvalue weighted by Gasteiger charge is -2.39. The van der Waals surface area contributed by atoms with Crippen molar-refractivity contribution >= 4 is 0 Å². The van der Waals surface area contributed by atoms with Crippen molar-refractivity contribution in [3.63, 3.8) is 0 Å². The molecule has 0 heterocycles. The molecule has 1 aliphatic rings. The van der Waals surface area contributed by atoms with Gasteiger partial charge < -0.3 is 0 Å². The van der Waals surface area contributed by atoms with Crippen LogP contribution in [-0.2, 0) is 0 Å². The van der Waals surface area contributed by atoms with Crippen molar-refractivity contribution in [2.75, 3.05) is 14.1 Å². The zero-order valence-corrected chi connectivity index (χ0v) is 7.98. The summed E-state index contributed by atoms with van der Waals surface area (Å²) in [5.74, 6) is -2.56. The van der Waals surface area contributed by atoms with E-state index in [0.29, 0.717) is 0 Å². The van der Waals surface area contributed by atoms with Crippen LogP contribution in [0, 0.1) is 11.3 Å². The van der Waals surface area contributed by atoms with Gasteiger partial charge in [0.15, 0.2) is 0 Å². The Bertz CT molecular complexity index is 220. The minimum Gasteiger partial charge on any atom is -0.292 e. The molecular formula is C9H14F2N2. The lowest BCUT2D eigenvalue weighted by molar-refractivity contribution is -0.0613. The Morgan fingerprint density at radius 2 is 1.62 bits per heavy atom. The lowest BCUT2D eigenvalue weighted by atomic mass is 9.80. The van der Waals surface area contributed by atoms with Gasteiger partial charge in [-0.05, 0) is 26.9 Å². The van der Waals surface area contributed by atoms with Gasteiger partial charge in [0, 0.05) is 12.8 Å². The highest BCUT2D eigenvalue weighted by molar-refractivity contribution is 5.10. The van der Waals surface area contributed by atoms with E-state index in [9.17, 15) is 8.78 Å². The summed E-state index contributed by atoms with van der Waals surface area (Å²) in [6, 6.07) is 2.15. The van der Waals surface area contributed by atoms with Gasteiger partial charge in [-0.1, -0.05) is 0 Å². The van der Waals surface area contributed by atoms with Crippen LogP contribution in [0.15, 0.2) is 0 Å². The number of hydrogen-bond acceptors (Lipinski definition) is 2. The number of rotatable bonds is 1. The maximum Gasteiger partial charge on any atom is 0.248 e. The summed E-state index contributed by atoms with van der Waals surface area (Å²) in [5.41, 5.74) is -0.665. The van der Waals surface area contributed by atoms with Crippen molar-refractivity contribution < 1.29 is 8.78 Å². The highest BCUT2D eigenvalue weighted by Crippen LogP contribution is 2.40. The molecule has 13 heavy (non-hydrogen) atoms. The predicted octanol–water partition coefficient (Wildman–Crippen LogP) is 2.02. The molecule has 0 aliphatic heterocycles. The molecule has 0 aromatic heterocycles. The molecule has 0 bridgehead atoms. The van der Waals surface area contributed by atoms with Gasteiger partial charge in [-0.25, -0.2) is 8.78 Å². The van der Waals surface area contributed by atoms with E-state index in [0.717, 1.165) is 0 Å². The van der Waals surface area contributed by atoms with Gasteiger partial charge in [0.25, 0.3) is 0 Å². The first-order valence-corrected chi connectivity index (χ1v) is 4.38. The molecule has 0 aromatic rings. The summed E-state index contributed by atoms with van der Waals surface area (Å²) >= 11 is 0. The summed E-state index contributed by atoms with van der Waals surface area (Å²) in [5, 5.41) is 8.95. The second kappa shape index (κ2) is 3.22. The van der Waals surface area contributed by atoms with E-state index in [1.54, 1.807) is 19.0 Å². The molecule has 1 rings (SSSR count). The molecule has 1 fully saturated rings. The third-order valence-corrected chi connectivity index (χ3v) is 2.87. The Morgan fingerprint density at radius 1 is 1.15 bits per heavy atom. The Kier molecular flexibility index (Phi) is 2.58. The largest absolute Gasteiger partial charge is 0.292 e. The van der Waals surface area contributed by atoms with Crippen LogP contribution in [0.25, 0.3) is 0 Å². The second-order valence-corrected chi connectivity index (χ2v) is 3.89. The fraction of sp³-hybridized carbons (Fsp3) is 0.889. The molecule has 74 valence electrons. The standard InChI is InChI=1S/C9H14F2N2/c1-13(2)8(7-12)3-5-9(10,11)6-4-8/h3-6H2,1-2H3. The highest BCUT2D eigenvalue weighted by Gasteiger charge is 2.44. The molecule has 0 atom stereocenters. The van der Waals surface area contributed by atoms with Crippen LogP contribution in [0.2, 0.25) is 0 Å². The minimum atomic E-state index is -2.56. The Morgan fingerprint density at radius 3 is 1.92 bits per heavy atom. The third-order valence-electron chi connectivity index (χ3n) is 2.87. The van der Waals surface area contributed by atoms with E-state index in [4.69, 9.17) is 5.26 Å².